The second kappa shape index (κ2) is 7.20. The number of benzene rings is 1. The van der Waals surface area contributed by atoms with Crippen LogP contribution < -0.4 is 10.6 Å². The van der Waals surface area contributed by atoms with Crippen molar-refractivity contribution in [1.82, 2.24) is 10.6 Å². The number of fused-ring (bicyclic) bond motifs is 2. The summed E-state index contributed by atoms with van der Waals surface area (Å²) in [6.45, 7) is 0. The lowest BCUT2D eigenvalue weighted by molar-refractivity contribution is -0.118. The predicted octanol–water partition coefficient (Wildman–Crippen LogP) is 3.36. The van der Waals surface area contributed by atoms with E-state index in [9.17, 15) is 9.59 Å². The number of hydrogen-bond acceptors (Lipinski definition) is 3. The number of amides is 2. The normalized spacial score (nSPS) is 24.5. The first kappa shape index (κ1) is 16.6. The summed E-state index contributed by atoms with van der Waals surface area (Å²) in [6, 6.07) is 12.6. The van der Waals surface area contributed by atoms with Crippen molar-refractivity contribution < 1.29 is 14.0 Å². The second-order valence-corrected chi connectivity index (χ2v) is 7.15. The Hall–Kier alpha value is -2.82. The lowest BCUT2D eigenvalue weighted by atomic mass is 9.95. The van der Waals surface area contributed by atoms with E-state index in [4.69, 9.17) is 4.42 Å². The number of furan rings is 1. The van der Waals surface area contributed by atoms with E-state index in [-0.39, 0.29) is 23.6 Å². The molecule has 1 aromatic carbocycles. The Balaban J connectivity index is 1.51. The Kier molecular flexibility index (Phi) is 4.61. The van der Waals surface area contributed by atoms with Crippen LogP contribution in [0.1, 0.15) is 41.8 Å². The second-order valence-electron chi connectivity index (χ2n) is 7.15. The van der Waals surface area contributed by atoms with Gasteiger partial charge in [0.25, 0.3) is 11.8 Å². The van der Waals surface area contributed by atoms with Gasteiger partial charge >= 0.3 is 0 Å². The molecule has 2 saturated carbocycles. The molecule has 0 spiro atoms. The monoisotopic (exact) mass is 350 g/mol. The summed E-state index contributed by atoms with van der Waals surface area (Å²) in [6.07, 6.45) is 7.81. The van der Waals surface area contributed by atoms with E-state index in [0.717, 1.165) is 12.3 Å². The third-order valence-corrected chi connectivity index (χ3v) is 5.41. The summed E-state index contributed by atoms with van der Waals surface area (Å²) < 4.78 is 5.31. The fraction of sp³-hybridized carbons (Fsp3) is 0.333. The average molecular weight is 350 g/mol. The molecule has 2 aliphatic rings. The van der Waals surface area contributed by atoms with E-state index in [0.29, 0.717) is 17.2 Å². The van der Waals surface area contributed by atoms with Gasteiger partial charge in [0.1, 0.15) is 11.5 Å². The Morgan fingerprint density at radius 3 is 2.54 bits per heavy atom. The van der Waals surface area contributed by atoms with Gasteiger partial charge in [-0.05, 0) is 55.4 Å². The zero-order chi connectivity index (χ0) is 17.9. The van der Waals surface area contributed by atoms with Crippen LogP contribution in [0, 0.1) is 11.8 Å². The first-order valence-electron chi connectivity index (χ1n) is 9.11. The molecule has 0 aliphatic heterocycles. The number of carbonyl (C=O) groups excluding carboxylic acids is 2. The van der Waals surface area contributed by atoms with Crippen molar-refractivity contribution in [3.63, 3.8) is 0 Å². The van der Waals surface area contributed by atoms with Gasteiger partial charge in [-0.3, -0.25) is 9.59 Å². The molecule has 3 atom stereocenters. The van der Waals surface area contributed by atoms with E-state index < -0.39 is 0 Å². The molecule has 0 saturated heterocycles. The molecule has 0 radical (unpaired) electrons. The molecule has 0 unspecified atom stereocenters. The highest BCUT2D eigenvalue weighted by Gasteiger charge is 2.40. The predicted molar refractivity (Wildman–Crippen MR) is 98.0 cm³/mol. The first-order valence-corrected chi connectivity index (χ1v) is 9.11. The molecule has 2 aromatic rings. The van der Waals surface area contributed by atoms with Crippen LogP contribution in [0.3, 0.4) is 0 Å². The van der Waals surface area contributed by atoms with Crippen molar-refractivity contribution in [2.24, 2.45) is 11.8 Å². The Morgan fingerprint density at radius 2 is 1.88 bits per heavy atom. The van der Waals surface area contributed by atoms with Gasteiger partial charge in [-0.15, -0.1) is 0 Å². The molecular formula is C21H22N2O3. The molecule has 26 heavy (non-hydrogen) atoms. The Bertz CT molecular complexity index is 811. The summed E-state index contributed by atoms with van der Waals surface area (Å²) in [4.78, 5) is 25.3. The third kappa shape index (κ3) is 3.57. The zero-order valence-electron chi connectivity index (χ0n) is 14.5. The van der Waals surface area contributed by atoms with Gasteiger partial charge in [-0.2, -0.15) is 0 Å². The Labute approximate surface area is 152 Å². The van der Waals surface area contributed by atoms with Crippen molar-refractivity contribution in [3.05, 3.63) is 65.7 Å². The van der Waals surface area contributed by atoms with Crippen molar-refractivity contribution in [1.29, 1.82) is 0 Å². The SMILES string of the molecule is O=C(N[C@H]1C[C@H]2CC[C@H]1C2)/C(=C/c1ccco1)NC(=O)c1ccccc1. The molecule has 2 fully saturated rings. The zero-order valence-corrected chi connectivity index (χ0v) is 14.5. The van der Waals surface area contributed by atoms with Crippen LogP contribution in [0.25, 0.3) is 6.08 Å². The topological polar surface area (TPSA) is 71.3 Å². The summed E-state index contributed by atoms with van der Waals surface area (Å²) in [7, 11) is 0. The maximum Gasteiger partial charge on any atom is 0.268 e. The number of nitrogens with one attached hydrogen (secondary N) is 2. The lowest BCUT2D eigenvalue weighted by Gasteiger charge is -2.23. The summed E-state index contributed by atoms with van der Waals surface area (Å²) >= 11 is 0. The minimum atomic E-state index is -0.313. The third-order valence-electron chi connectivity index (χ3n) is 5.41. The Morgan fingerprint density at radius 1 is 1.04 bits per heavy atom. The summed E-state index contributed by atoms with van der Waals surface area (Å²) in [5.41, 5.74) is 0.710. The standard InChI is InChI=1S/C21H22N2O3/c24-20(15-5-2-1-3-6-15)23-19(13-17-7-4-10-26-17)21(25)22-18-12-14-8-9-16(18)11-14/h1-7,10,13-14,16,18H,8-9,11-12H2,(H,22,25)(H,23,24)/b19-13-/t14-,16-,18-/m0/s1. The molecule has 2 N–H and O–H groups in total. The van der Waals surface area contributed by atoms with Gasteiger partial charge in [0.05, 0.1) is 6.26 Å². The quantitative estimate of drug-likeness (QED) is 0.812. The van der Waals surface area contributed by atoms with Crippen LogP contribution in [-0.2, 0) is 4.79 Å². The molecule has 1 aromatic heterocycles. The van der Waals surface area contributed by atoms with Gasteiger partial charge in [-0.25, -0.2) is 0 Å². The molecular weight excluding hydrogens is 328 g/mol. The molecule has 2 bridgehead atoms. The van der Waals surface area contributed by atoms with Crippen LogP contribution in [-0.4, -0.2) is 17.9 Å². The highest BCUT2D eigenvalue weighted by molar-refractivity contribution is 6.05. The summed E-state index contributed by atoms with van der Waals surface area (Å²) in [5.74, 6) is 1.26. The van der Waals surface area contributed by atoms with Crippen LogP contribution in [0.5, 0.6) is 0 Å². The molecule has 2 aliphatic carbocycles. The van der Waals surface area contributed by atoms with E-state index in [1.807, 2.05) is 6.07 Å². The minimum Gasteiger partial charge on any atom is -0.465 e. The van der Waals surface area contributed by atoms with Crippen LogP contribution in [0.4, 0.5) is 0 Å². The van der Waals surface area contributed by atoms with Gasteiger partial charge in [0.15, 0.2) is 0 Å². The number of hydrogen-bond donors (Lipinski definition) is 2. The highest BCUT2D eigenvalue weighted by atomic mass is 16.3. The molecule has 1 heterocycles. The molecule has 5 nitrogen and oxygen atoms in total. The summed E-state index contributed by atoms with van der Waals surface area (Å²) in [5, 5.41) is 5.86. The smallest absolute Gasteiger partial charge is 0.268 e. The fourth-order valence-electron chi connectivity index (χ4n) is 4.13. The number of rotatable bonds is 5. The van der Waals surface area contributed by atoms with Gasteiger partial charge in [0, 0.05) is 17.7 Å². The van der Waals surface area contributed by atoms with E-state index in [1.54, 1.807) is 42.5 Å². The van der Waals surface area contributed by atoms with E-state index >= 15 is 0 Å². The largest absolute Gasteiger partial charge is 0.465 e. The van der Waals surface area contributed by atoms with Crippen LogP contribution in [0.2, 0.25) is 0 Å². The number of carbonyl (C=O) groups is 2. The van der Waals surface area contributed by atoms with Gasteiger partial charge < -0.3 is 15.1 Å². The fourth-order valence-corrected chi connectivity index (χ4v) is 4.13. The van der Waals surface area contributed by atoms with Gasteiger partial charge in [0.2, 0.25) is 0 Å². The average Bonchev–Trinajstić information content (AvgIpc) is 3.40. The molecule has 134 valence electrons. The van der Waals surface area contributed by atoms with E-state index in [1.165, 1.54) is 25.5 Å². The van der Waals surface area contributed by atoms with Crippen LogP contribution >= 0.6 is 0 Å². The molecule has 4 rings (SSSR count). The maximum atomic E-state index is 12.8. The van der Waals surface area contributed by atoms with Crippen molar-refractivity contribution in [2.45, 2.75) is 31.7 Å². The lowest BCUT2D eigenvalue weighted by Crippen LogP contribution is -2.42. The first-order chi connectivity index (χ1) is 12.7. The van der Waals surface area contributed by atoms with Crippen molar-refractivity contribution in [2.75, 3.05) is 0 Å². The molecule has 5 heteroatoms. The minimum absolute atomic E-state index is 0.204. The van der Waals surface area contributed by atoms with Crippen LogP contribution in [0.15, 0.2) is 58.8 Å². The van der Waals surface area contributed by atoms with Gasteiger partial charge in [-0.1, -0.05) is 24.6 Å². The van der Waals surface area contributed by atoms with E-state index in [2.05, 4.69) is 10.6 Å². The van der Waals surface area contributed by atoms with Crippen molar-refractivity contribution in [3.8, 4) is 0 Å². The highest BCUT2D eigenvalue weighted by Crippen LogP contribution is 2.44. The van der Waals surface area contributed by atoms with Crippen molar-refractivity contribution >= 4 is 17.9 Å². The maximum absolute atomic E-state index is 12.8. The molecule has 2 amide bonds.